The quantitative estimate of drug-likeness (QED) is 0.904. The molecule has 2 fully saturated rings. The first-order chi connectivity index (χ1) is 9.59. The number of ether oxygens (including phenoxy) is 4. The Bertz CT molecular complexity index is 447. The van der Waals surface area contributed by atoms with Crippen molar-refractivity contribution in [3.05, 3.63) is 35.9 Å². The van der Waals surface area contributed by atoms with Gasteiger partial charge < -0.3 is 24.1 Å². The molecule has 0 aliphatic carbocycles. The predicted octanol–water partition coefficient (Wildman–Crippen LogP) is 1.44. The van der Waals surface area contributed by atoms with E-state index in [0.29, 0.717) is 6.61 Å². The number of aliphatic hydroxyl groups excluding tert-OH is 1. The van der Waals surface area contributed by atoms with Crippen LogP contribution in [-0.2, 0) is 25.6 Å². The summed E-state index contributed by atoms with van der Waals surface area (Å²) in [5, 5.41) is 9.37. The first-order valence-electron chi connectivity index (χ1n) is 6.86. The van der Waals surface area contributed by atoms with Crippen LogP contribution in [0.2, 0.25) is 0 Å². The average molecular weight is 280 g/mol. The van der Waals surface area contributed by atoms with E-state index in [1.165, 1.54) is 0 Å². The molecule has 110 valence electrons. The summed E-state index contributed by atoms with van der Waals surface area (Å²) >= 11 is 0. The molecular weight excluding hydrogens is 260 g/mol. The zero-order valence-corrected chi connectivity index (χ0v) is 11.7. The minimum atomic E-state index is -0.666. The van der Waals surface area contributed by atoms with Gasteiger partial charge in [-0.15, -0.1) is 0 Å². The van der Waals surface area contributed by atoms with Crippen LogP contribution in [0.25, 0.3) is 0 Å². The number of aliphatic hydroxyl groups is 1. The van der Waals surface area contributed by atoms with Crippen LogP contribution < -0.4 is 0 Å². The number of benzene rings is 1. The van der Waals surface area contributed by atoms with Crippen molar-refractivity contribution in [2.24, 2.45) is 0 Å². The summed E-state index contributed by atoms with van der Waals surface area (Å²) in [7, 11) is 0. The van der Waals surface area contributed by atoms with E-state index < -0.39 is 18.2 Å². The van der Waals surface area contributed by atoms with Crippen molar-refractivity contribution in [2.75, 3.05) is 6.61 Å². The second-order valence-electron chi connectivity index (χ2n) is 5.59. The second kappa shape index (κ2) is 5.42. The topological polar surface area (TPSA) is 57.2 Å². The molecule has 0 radical (unpaired) electrons. The minimum Gasteiger partial charge on any atom is -0.394 e. The van der Waals surface area contributed by atoms with E-state index in [2.05, 4.69) is 0 Å². The van der Waals surface area contributed by atoms with Crippen molar-refractivity contribution in [3.63, 3.8) is 0 Å². The van der Waals surface area contributed by atoms with E-state index in [1.54, 1.807) is 0 Å². The summed E-state index contributed by atoms with van der Waals surface area (Å²) in [5.41, 5.74) is 1.07. The van der Waals surface area contributed by atoms with Gasteiger partial charge in [0.1, 0.15) is 18.3 Å². The fourth-order valence-electron chi connectivity index (χ4n) is 2.68. The molecule has 3 rings (SSSR count). The van der Waals surface area contributed by atoms with Crippen molar-refractivity contribution in [2.45, 2.75) is 50.8 Å². The van der Waals surface area contributed by atoms with Gasteiger partial charge in [-0.05, 0) is 19.4 Å². The van der Waals surface area contributed by atoms with Crippen molar-refractivity contribution in [1.29, 1.82) is 0 Å². The first-order valence-corrected chi connectivity index (χ1v) is 6.86. The van der Waals surface area contributed by atoms with Crippen LogP contribution in [-0.4, -0.2) is 42.1 Å². The van der Waals surface area contributed by atoms with Crippen LogP contribution in [0.1, 0.15) is 19.4 Å². The highest BCUT2D eigenvalue weighted by Crippen LogP contribution is 2.39. The van der Waals surface area contributed by atoms with Crippen molar-refractivity contribution in [3.8, 4) is 0 Å². The zero-order chi connectivity index (χ0) is 14.2. The molecule has 2 heterocycles. The number of hydrogen-bond donors (Lipinski definition) is 1. The largest absolute Gasteiger partial charge is 0.394 e. The second-order valence-corrected chi connectivity index (χ2v) is 5.59. The third-order valence-electron chi connectivity index (χ3n) is 3.54. The van der Waals surface area contributed by atoms with Gasteiger partial charge in [-0.3, -0.25) is 0 Å². The number of fused-ring (bicyclic) bond motifs is 1. The molecule has 0 amide bonds. The van der Waals surface area contributed by atoms with Crippen LogP contribution in [0, 0.1) is 0 Å². The summed E-state index contributed by atoms with van der Waals surface area (Å²) < 4.78 is 23.1. The molecule has 4 atom stereocenters. The standard InChI is InChI=1S/C15H20O5/c1-15(2)19-12-11(8-16)18-14(13(12)20-15)17-9-10-6-4-3-5-7-10/h3-7,11-14,16H,8-9H2,1-2H3/t11-,12?,13?,14-/m1/s1. The van der Waals surface area contributed by atoms with Crippen molar-refractivity contribution < 1.29 is 24.1 Å². The SMILES string of the molecule is CC1(C)OC2C(O1)[C@@H](CO)O[C@H]2OCc1ccccc1. The van der Waals surface area contributed by atoms with E-state index in [1.807, 2.05) is 44.2 Å². The Kier molecular flexibility index (Phi) is 3.79. The van der Waals surface area contributed by atoms with Gasteiger partial charge >= 0.3 is 0 Å². The third kappa shape index (κ3) is 2.73. The molecule has 0 aromatic heterocycles. The maximum atomic E-state index is 9.37. The molecule has 0 bridgehead atoms. The summed E-state index contributed by atoms with van der Waals surface area (Å²) in [6, 6.07) is 9.87. The molecule has 0 spiro atoms. The maximum absolute atomic E-state index is 9.37. The Hall–Kier alpha value is -0.980. The Labute approximate surface area is 118 Å². The first kappa shape index (κ1) is 14.0. The molecular formula is C15H20O5. The predicted molar refractivity (Wildman–Crippen MR) is 70.8 cm³/mol. The van der Waals surface area contributed by atoms with Gasteiger partial charge in [-0.1, -0.05) is 30.3 Å². The maximum Gasteiger partial charge on any atom is 0.187 e. The Morgan fingerprint density at radius 2 is 1.85 bits per heavy atom. The molecule has 20 heavy (non-hydrogen) atoms. The molecule has 5 heteroatoms. The van der Waals surface area contributed by atoms with E-state index >= 15 is 0 Å². The fraction of sp³-hybridized carbons (Fsp3) is 0.600. The molecule has 1 aromatic carbocycles. The molecule has 2 aliphatic rings. The lowest BCUT2D eigenvalue weighted by Crippen LogP contribution is -2.32. The summed E-state index contributed by atoms with van der Waals surface area (Å²) in [6.45, 7) is 4.05. The highest BCUT2D eigenvalue weighted by Gasteiger charge is 2.55. The lowest BCUT2D eigenvalue weighted by atomic mass is 10.1. The lowest BCUT2D eigenvalue weighted by molar-refractivity contribution is -0.239. The number of hydrogen-bond acceptors (Lipinski definition) is 5. The molecule has 1 aromatic rings. The van der Waals surface area contributed by atoms with Crippen LogP contribution in [0.5, 0.6) is 0 Å². The highest BCUT2D eigenvalue weighted by molar-refractivity contribution is 5.13. The van der Waals surface area contributed by atoms with Gasteiger partial charge in [0.15, 0.2) is 12.1 Å². The van der Waals surface area contributed by atoms with Gasteiger partial charge in [0, 0.05) is 0 Å². The lowest BCUT2D eigenvalue weighted by Gasteiger charge is -2.23. The number of rotatable bonds is 4. The minimum absolute atomic E-state index is 0.105. The molecule has 0 saturated carbocycles. The van der Waals surface area contributed by atoms with E-state index in [9.17, 15) is 5.11 Å². The average Bonchev–Trinajstić information content (AvgIpc) is 2.91. The third-order valence-corrected chi connectivity index (χ3v) is 3.54. The van der Waals surface area contributed by atoms with Crippen LogP contribution in [0.3, 0.4) is 0 Å². The smallest absolute Gasteiger partial charge is 0.187 e. The van der Waals surface area contributed by atoms with Crippen molar-refractivity contribution in [1.82, 2.24) is 0 Å². The van der Waals surface area contributed by atoms with Crippen LogP contribution >= 0.6 is 0 Å². The molecule has 1 N–H and O–H groups in total. The molecule has 2 aliphatic heterocycles. The van der Waals surface area contributed by atoms with E-state index in [-0.39, 0.29) is 18.8 Å². The van der Waals surface area contributed by atoms with Crippen molar-refractivity contribution >= 4 is 0 Å². The Morgan fingerprint density at radius 1 is 1.15 bits per heavy atom. The van der Waals surface area contributed by atoms with E-state index in [0.717, 1.165) is 5.56 Å². The summed E-state index contributed by atoms with van der Waals surface area (Å²) in [6.07, 6.45) is -1.50. The Balaban J connectivity index is 1.65. The molecule has 2 saturated heterocycles. The molecule has 5 nitrogen and oxygen atoms in total. The zero-order valence-electron chi connectivity index (χ0n) is 11.7. The van der Waals surface area contributed by atoms with Gasteiger partial charge in [0.25, 0.3) is 0 Å². The van der Waals surface area contributed by atoms with Gasteiger partial charge in [-0.25, -0.2) is 0 Å². The summed E-state index contributed by atoms with van der Waals surface area (Å²) in [5.74, 6) is -0.666. The fourth-order valence-corrected chi connectivity index (χ4v) is 2.68. The Morgan fingerprint density at radius 3 is 2.55 bits per heavy atom. The van der Waals surface area contributed by atoms with Gasteiger partial charge in [0.05, 0.1) is 13.2 Å². The highest BCUT2D eigenvalue weighted by atomic mass is 16.8. The normalized spacial score (nSPS) is 35.1. The van der Waals surface area contributed by atoms with E-state index in [4.69, 9.17) is 18.9 Å². The monoisotopic (exact) mass is 280 g/mol. The van der Waals surface area contributed by atoms with Crippen LogP contribution in [0.15, 0.2) is 30.3 Å². The van der Waals surface area contributed by atoms with Gasteiger partial charge in [0.2, 0.25) is 0 Å². The van der Waals surface area contributed by atoms with Gasteiger partial charge in [-0.2, -0.15) is 0 Å². The summed E-state index contributed by atoms with van der Waals surface area (Å²) in [4.78, 5) is 0. The molecule has 2 unspecified atom stereocenters. The van der Waals surface area contributed by atoms with Crippen LogP contribution in [0.4, 0.5) is 0 Å².